The van der Waals surface area contributed by atoms with E-state index in [-0.39, 0.29) is 12.5 Å². The molecule has 1 atom stereocenters. The highest BCUT2D eigenvalue weighted by Gasteiger charge is 2.27. The molecule has 5 nitrogen and oxygen atoms in total. The first kappa shape index (κ1) is 21.4. The van der Waals surface area contributed by atoms with Gasteiger partial charge in [0.05, 0.1) is 18.5 Å². The van der Waals surface area contributed by atoms with E-state index in [1.807, 2.05) is 54.6 Å². The van der Waals surface area contributed by atoms with Gasteiger partial charge in [0.1, 0.15) is 10.9 Å². The normalized spacial score (nSPS) is 12.2. The molecule has 29 heavy (non-hydrogen) atoms. The van der Waals surface area contributed by atoms with Gasteiger partial charge in [-0.3, -0.25) is 9.56 Å². The number of aliphatic imine (C=N–C) groups is 1. The molecule has 0 aliphatic heterocycles. The molecule has 1 unspecified atom stereocenters. The summed E-state index contributed by atoms with van der Waals surface area (Å²) >= 11 is 10.1. The van der Waals surface area contributed by atoms with Gasteiger partial charge in [0, 0.05) is 10.9 Å². The Morgan fingerprint density at radius 3 is 2.76 bits per heavy atom. The topological polar surface area (TPSA) is 63.8 Å². The highest BCUT2D eigenvalue weighted by Crippen LogP contribution is 2.31. The van der Waals surface area contributed by atoms with Gasteiger partial charge >= 0.3 is 5.97 Å². The van der Waals surface area contributed by atoms with Crippen LogP contribution in [0, 0.1) is 3.95 Å². The standard InChI is InChI=1S/C21H19BrN2O3S2/c1-2-27-20(26)17(11-14-7-4-3-5-8-14)24-19(25)18(29-21(24)28)13-23-16-10-6-9-15(22)12-16/h3-10,12-13,17,25H,2,11H2,1H3. The van der Waals surface area contributed by atoms with Crippen LogP contribution < -0.4 is 0 Å². The monoisotopic (exact) mass is 490 g/mol. The molecule has 2 aromatic carbocycles. The van der Waals surface area contributed by atoms with Gasteiger partial charge in [-0.2, -0.15) is 0 Å². The number of hydrogen-bond donors (Lipinski definition) is 1. The fourth-order valence-corrected chi connectivity index (χ4v) is 4.46. The third kappa shape index (κ3) is 5.41. The molecule has 0 spiro atoms. The Morgan fingerprint density at radius 1 is 1.31 bits per heavy atom. The second-order valence-electron chi connectivity index (χ2n) is 6.12. The van der Waals surface area contributed by atoms with Crippen LogP contribution in [0.4, 0.5) is 5.69 Å². The summed E-state index contributed by atoms with van der Waals surface area (Å²) in [6, 6.07) is 16.3. The zero-order chi connectivity index (χ0) is 20.8. The molecule has 1 aromatic heterocycles. The van der Waals surface area contributed by atoms with E-state index in [1.165, 1.54) is 15.9 Å². The molecule has 0 aliphatic carbocycles. The van der Waals surface area contributed by atoms with E-state index in [4.69, 9.17) is 17.0 Å². The Kier molecular flexibility index (Phi) is 7.35. The van der Waals surface area contributed by atoms with Crippen molar-refractivity contribution in [3.63, 3.8) is 0 Å². The van der Waals surface area contributed by atoms with Crippen molar-refractivity contribution in [2.45, 2.75) is 19.4 Å². The van der Waals surface area contributed by atoms with E-state index in [9.17, 15) is 9.90 Å². The minimum Gasteiger partial charge on any atom is -0.493 e. The average Bonchev–Trinajstić information content (AvgIpc) is 2.99. The van der Waals surface area contributed by atoms with E-state index >= 15 is 0 Å². The van der Waals surface area contributed by atoms with Crippen LogP contribution in [-0.2, 0) is 16.0 Å². The predicted molar refractivity (Wildman–Crippen MR) is 122 cm³/mol. The van der Waals surface area contributed by atoms with Crippen molar-refractivity contribution in [2.24, 2.45) is 4.99 Å². The fourth-order valence-electron chi connectivity index (χ4n) is 2.80. The summed E-state index contributed by atoms with van der Waals surface area (Å²) in [6.45, 7) is 2.00. The number of benzene rings is 2. The van der Waals surface area contributed by atoms with E-state index in [0.29, 0.717) is 15.3 Å². The Hall–Kier alpha value is -2.29. The molecule has 3 aromatic rings. The van der Waals surface area contributed by atoms with Crippen molar-refractivity contribution >= 4 is 57.4 Å². The number of aromatic hydroxyl groups is 1. The molecule has 8 heteroatoms. The zero-order valence-corrected chi connectivity index (χ0v) is 18.8. The van der Waals surface area contributed by atoms with Crippen molar-refractivity contribution < 1.29 is 14.6 Å². The third-order valence-corrected chi connectivity index (χ3v) is 5.94. The molecule has 0 saturated heterocycles. The van der Waals surface area contributed by atoms with E-state index in [1.54, 1.807) is 13.1 Å². The Labute approximate surface area is 186 Å². The van der Waals surface area contributed by atoms with Crippen molar-refractivity contribution in [3.05, 3.63) is 73.5 Å². The zero-order valence-electron chi connectivity index (χ0n) is 15.6. The Morgan fingerprint density at radius 2 is 2.07 bits per heavy atom. The van der Waals surface area contributed by atoms with E-state index in [0.717, 1.165) is 15.7 Å². The Bertz CT molecular complexity index is 1080. The summed E-state index contributed by atoms with van der Waals surface area (Å²) in [7, 11) is 0. The molecular weight excluding hydrogens is 472 g/mol. The first-order chi connectivity index (χ1) is 14.0. The molecule has 0 saturated carbocycles. The van der Waals surface area contributed by atoms with Crippen LogP contribution >= 0.6 is 39.5 Å². The number of aromatic nitrogens is 1. The first-order valence-electron chi connectivity index (χ1n) is 8.94. The Balaban J connectivity index is 1.96. The third-order valence-electron chi connectivity index (χ3n) is 4.12. The van der Waals surface area contributed by atoms with Crippen LogP contribution in [0.5, 0.6) is 5.88 Å². The smallest absolute Gasteiger partial charge is 0.329 e. The lowest BCUT2D eigenvalue weighted by molar-refractivity contribution is -0.147. The van der Waals surface area contributed by atoms with Crippen molar-refractivity contribution in [1.29, 1.82) is 0 Å². The molecule has 1 N–H and O–H groups in total. The van der Waals surface area contributed by atoms with Gasteiger partial charge in [-0.1, -0.05) is 63.7 Å². The largest absolute Gasteiger partial charge is 0.493 e. The predicted octanol–water partition coefficient (Wildman–Crippen LogP) is 5.84. The summed E-state index contributed by atoms with van der Waals surface area (Å²) in [5.74, 6) is -0.524. The summed E-state index contributed by atoms with van der Waals surface area (Å²) < 4.78 is 7.98. The molecule has 0 radical (unpaired) electrons. The summed E-state index contributed by atoms with van der Waals surface area (Å²) in [6.07, 6.45) is 1.92. The molecule has 0 fully saturated rings. The molecule has 0 amide bonds. The van der Waals surface area contributed by atoms with Gasteiger partial charge in [0.15, 0.2) is 3.95 Å². The van der Waals surface area contributed by atoms with Gasteiger partial charge in [0.2, 0.25) is 5.88 Å². The van der Waals surface area contributed by atoms with Crippen molar-refractivity contribution in [3.8, 4) is 5.88 Å². The number of hydrogen-bond acceptors (Lipinski definition) is 6. The molecule has 150 valence electrons. The van der Waals surface area contributed by atoms with Crippen LogP contribution in [0.1, 0.15) is 23.4 Å². The number of nitrogens with zero attached hydrogens (tertiary/aromatic N) is 2. The number of ether oxygens (including phenoxy) is 1. The fraction of sp³-hybridized carbons (Fsp3) is 0.190. The lowest BCUT2D eigenvalue weighted by atomic mass is 10.1. The minimum absolute atomic E-state index is 0.0901. The van der Waals surface area contributed by atoms with Crippen LogP contribution in [-0.4, -0.2) is 28.5 Å². The lowest BCUT2D eigenvalue weighted by Crippen LogP contribution is -2.24. The van der Waals surface area contributed by atoms with Crippen LogP contribution in [0.3, 0.4) is 0 Å². The number of carbonyl (C=O) groups is 1. The maximum Gasteiger partial charge on any atom is 0.329 e. The highest BCUT2D eigenvalue weighted by atomic mass is 79.9. The molecule has 0 bridgehead atoms. The summed E-state index contributed by atoms with van der Waals surface area (Å²) in [5.41, 5.74) is 1.68. The van der Waals surface area contributed by atoms with Gasteiger partial charge in [-0.15, -0.1) is 0 Å². The van der Waals surface area contributed by atoms with Gasteiger partial charge in [0.25, 0.3) is 0 Å². The molecule has 0 aliphatic rings. The van der Waals surface area contributed by atoms with Crippen LogP contribution in [0.2, 0.25) is 0 Å². The van der Waals surface area contributed by atoms with E-state index < -0.39 is 12.0 Å². The van der Waals surface area contributed by atoms with Crippen LogP contribution in [0.25, 0.3) is 0 Å². The molecule has 1 heterocycles. The molecule has 3 rings (SSSR count). The SMILES string of the molecule is CCOC(=O)C(Cc1ccccc1)n1c(O)c(C=Nc2cccc(Br)c2)sc1=S. The van der Waals surface area contributed by atoms with Crippen molar-refractivity contribution in [1.82, 2.24) is 4.57 Å². The number of rotatable bonds is 7. The maximum absolute atomic E-state index is 12.6. The molecular formula is C21H19BrN2O3S2. The first-order valence-corrected chi connectivity index (χ1v) is 11.0. The van der Waals surface area contributed by atoms with Crippen molar-refractivity contribution in [2.75, 3.05) is 6.61 Å². The quantitative estimate of drug-likeness (QED) is 0.256. The lowest BCUT2D eigenvalue weighted by Gasteiger charge is -2.18. The number of halogens is 1. The maximum atomic E-state index is 12.6. The van der Waals surface area contributed by atoms with Gasteiger partial charge in [-0.05, 0) is 42.9 Å². The van der Waals surface area contributed by atoms with Gasteiger partial charge in [-0.25, -0.2) is 4.79 Å². The second kappa shape index (κ2) is 9.96. The highest BCUT2D eigenvalue weighted by molar-refractivity contribution is 9.10. The number of thiazole rings is 1. The number of carbonyl (C=O) groups excluding carboxylic acids is 1. The average molecular weight is 491 g/mol. The minimum atomic E-state index is -0.755. The second-order valence-corrected chi connectivity index (χ2v) is 8.71. The summed E-state index contributed by atoms with van der Waals surface area (Å²) in [5, 5.41) is 10.8. The van der Waals surface area contributed by atoms with Gasteiger partial charge < -0.3 is 9.84 Å². The van der Waals surface area contributed by atoms with E-state index in [2.05, 4.69) is 20.9 Å². The van der Waals surface area contributed by atoms with Crippen LogP contribution in [0.15, 0.2) is 64.1 Å². The summed E-state index contributed by atoms with van der Waals surface area (Å²) in [4.78, 5) is 17.5. The number of esters is 1.